The molecule has 2 aliphatic heterocycles. The van der Waals surface area contributed by atoms with E-state index in [1.54, 1.807) is 4.68 Å². The van der Waals surface area contributed by atoms with Gasteiger partial charge in [0.15, 0.2) is 11.5 Å². The first kappa shape index (κ1) is 12.4. The molecule has 21 heavy (non-hydrogen) atoms. The van der Waals surface area contributed by atoms with E-state index in [1.807, 2.05) is 18.2 Å². The molecule has 0 bridgehead atoms. The molecule has 110 valence electrons. The zero-order valence-corrected chi connectivity index (χ0v) is 11.4. The normalized spacial score (nSPS) is 17.8. The van der Waals surface area contributed by atoms with Crippen LogP contribution in [0.25, 0.3) is 5.69 Å². The summed E-state index contributed by atoms with van der Waals surface area (Å²) in [6.45, 7) is 4.08. The number of ether oxygens (including phenoxy) is 3. The molecule has 1 aromatic heterocycles. The zero-order chi connectivity index (χ0) is 14.1. The summed E-state index contributed by atoms with van der Waals surface area (Å²) in [4.78, 5) is 2.11. The van der Waals surface area contributed by atoms with Crippen LogP contribution in [0.1, 0.15) is 0 Å². The largest absolute Gasteiger partial charge is 0.486 e. The van der Waals surface area contributed by atoms with Crippen LogP contribution in [-0.2, 0) is 4.74 Å². The van der Waals surface area contributed by atoms with Crippen LogP contribution in [0.15, 0.2) is 18.2 Å². The Bertz CT molecular complexity index is 638. The number of anilines is 1. The SMILES string of the molecule is c1cc2c(cc1-n1nnnc1N1CCOCC1)OCCO2. The molecule has 0 unspecified atom stereocenters. The molecule has 0 atom stereocenters. The second-order valence-corrected chi connectivity index (χ2v) is 4.82. The number of nitrogens with zero attached hydrogens (tertiary/aromatic N) is 5. The topological polar surface area (TPSA) is 74.5 Å². The summed E-state index contributed by atoms with van der Waals surface area (Å²) in [6.07, 6.45) is 0. The molecule has 0 saturated carbocycles. The van der Waals surface area contributed by atoms with Gasteiger partial charge in [-0.3, -0.25) is 0 Å². The average molecular weight is 289 g/mol. The van der Waals surface area contributed by atoms with Crippen molar-refractivity contribution in [2.24, 2.45) is 0 Å². The molecule has 8 heteroatoms. The predicted molar refractivity (Wildman–Crippen MR) is 73.2 cm³/mol. The van der Waals surface area contributed by atoms with Crippen molar-refractivity contribution in [2.75, 3.05) is 44.4 Å². The van der Waals surface area contributed by atoms with Crippen molar-refractivity contribution in [3.8, 4) is 17.2 Å². The molecule has 0 spiro atoms. The summed E-state index contributed by atoms with van der Waals surface area (Å²) >= 11 is 0. The predicted octanol–water partition coefficient (Wildman–Crippen LogP) is 0.270. The monoisotopic (exact) mass is 289 g/mol. The van der Waals surface area contributed by atoms with E-state index >= 15 is 0 Å². The van der Waals surface area contributed by atoms with Gasteiger partial charge in [0, 0.05) is 19.2 Å². The smallest absolute Gasteiger partial charge is 0.250 e. The number of hydrogen-bond donors (Lipinski definition) is 0. The Morgan fingerprint density at radius 1 is 0.952 bits per heavy atom. The van der Waals surface area contributed by atoms with Gasteiger partial charge in [-0.05, 0) is 22.6 Å². The van der Waals surface area contributed by atoms with Gasteiger partial charge < -0.3 is 19.1 Å². The highest BCUT2D eigenvalue weighted by molar-refractivity contribution is 5.51. The minimum atomic E-state index is 0.558. The summed E-state index contributed by atoms with van der Waals surface area (Å²) in [7, 11) is 0. The van der Waals surface area contributed by atoms with Gasteiger partial charge in [-0.1, -0.05) is 5.10 Å². The molecule has 2 aromatic rings. The summed E-state index contributed by atoms with van der Waals surface area (Å²) < 4.78 is 18.2. The maximum absolute atomic E-state index is 5.61. The molecule has 0 aliphatic carbocycles. The maximum atomic E-state index is 5.61. The Balaban J connectivity index is 1.68. The van der Waals surface area contributed by atoms with Crippen LogP contribution in [0.4, 0.5) is 5.95 Å². The van der Waals surface area contributed by atoms with Crippen LogP contribution in [-0.4, -0.2) is 59.7 Å². The van der Waals surface area contributed by atoms with E-state index in [9.17, 15) is 0 Å². The first-order chi connectivity index (χ1) is 10.4. The van der Waals surface area contributed by atoms with Gasteiger partial charge in [0.25, 0.3) is 5.95 Å². The van der Waals surface area contributed by atoms with Crippen LogP contribution >= 0.6 is 0 Å². The number of rotatable bonds is 2. The van der Waals surface area contributed by atoms with Gasteiger partial charge in [-0.2, -0.15) is 4.68 Å². The third-order valence-corrected chi connectivity index (χ3v) is 3.52. The van der Waals surface area contributed by atoms with E-state index in [4.69, 9.17) is 14.2 Å². The quantitative estimate of drug-likeness (QED) is 0.785. The Labute approximate surface area is 121 Å². The number of fused-ring (bicyclic) bond motifs is 1. The molecule has 8 nitrogen and oxygen atoms in total. The highest BCUT2D eigenvalue weighted by Crippen LogP contribution is 2.32. The van der Waals surface area contributed by atoms with E-state index in [0.717, 1.165) is 36.2 Å². The Kier molecular flexibility index (Phi) is 3.07. The van der Waals surface area contributed by atoms with Crippen LogP contribution < -0.4 is 14.4 Å². The van der Waals surface area contributed by atoms with Gasteiger partial charge >= 0.3 is 0 Å². The summed E-state index contributed by atoms with van der Waals surface area (Å²) in [5.41, 5.74) is 0.853. The molecular formula is C13H15N5O3. The van der Waals surface area contributed by atoms with Crippen molar-refractivity contribution < 1.29 is 14.2 Å². The minimum Gasteiger partial charge on any atom is -0.486 e. The lowest BCUT2D eigenvalue weighted by atomic mass is 10.2. The highest BCUT2D eigenvalue weighted by Gasteiger charge is 2.20. The van der Waals surface area contributed by atoms with Gasteiger partial charge in [0.1, 0.15) is 13.2 Å². The van der Waals surface area contributed by atoms with Crippen molar-refractivity contribution in [1.82, 2.24) is 20.2 Å². The van der Waals surface area contributed by atoms with Gasteiger partial charge in [-0.25, -0.2) is 0 Å². The second-order valence-electron chi connectivity index (χ2n) is 4.82. The number of morpholine rings is 1. The fourth-order valence-electron chi connectivity index (χ4n) is 2.47. The number of tetrazole rings is 1. The van der Waals surface area contributed by atoms with Crippen LogP contribution in [0.3, 0.4) is 0 Å². The summed E-state index contributed by atoms with van der Waals surface area (Å²) in [5.74, 6) is 2.20. The molecule has 2 aliphatic rings. The average Bonchev–Trinajstić information content (AvgIpc) is 3.05. The van der Waals surface area contributed by atoms with Crippen LogP contribution in [0.5, 0.6) is 11.5 Å². The second kappa shape index (κ2) is 5.21. The van der Waals surface area contributed by atoms with Crippen molar-refractivity contribution in [1.29, 1.82) is 0 Å². The number of aromatic nitrogens is 4. The molecule has 4 rings (SSSR count). The lowest BCUT2D eigenvalue weighted by Gasteiger charge is -2.27. The van der Waals surface area contributed by atoms with E-state index in [0.29, 0.717) is 26.4 Å². The molecule has 0 amide bonds. The molecule has 3 heterocycles. The third kappa shape index (κ3) is 2.27. The molecule has 0 N–H and O–H groups in total. The minimum absolute atomic E-state index is 0.558. The van der Waals surface area contributed by atoms with Gasteiger partial charge in [0.05, 0.1) is 18.9 Å². The van der Waals surface area contributed by atoms with Crippen molar-refractivity contribution in [3.05, 3.63) is 18.2 Å². The van der Waals surface area contributed by atoms with Crippen molar-refractivity contribution >= 4 is 5.95 Å². The van der Waals surface area contributed by atoms with Crippen molar-refractivity contribution in [2.45, 2.75) is 0 Å². The first-order valence-corrected chi connectivity index (χ1v) is 6.93. The van der Waals surface area contributed by atoms with E-state index in [1.165, 1.54) is 0 Å². The summed E-state index contributed by atoms with van der Waals surface area (Å²) in [5, 5.41) is 12.0. The Hall–Kier alpha value is -2.35. The van der Waals surface area contributed by atoms with Crippen LogP contribution in [0.2, 0.25) is 0 Å². The number of benzene rings is 1. The lowest BCUT2D eigenvalue weighted by Crippen LogP contribution is -2.38. The third-order valence-electron chi connectivity index (χ3n) is 3.52. The van der Waals surface area contributed by atoms with Crippen LogP contribution in [0, 0.1) is 0 Å². The highest BCUT2D eigenvalue weighted by atomic mass is 16.6. The molecule has 0 radical (unpaired) electrons. The van der Waals surface area contributed by atoms with E-state index in [-0.39, 0.29) is 0 Å². The fraction of sp³-hybridized carbons (Fsp3) is 0.462. The molecule has 1 fully saturated rings. The maximum Gasteiger partial charge on any atom is 0.250 e. The molecular weight excluding hydrogens is 274 g/mol. The standard InChI is InChI=1S/C13H15N5O3/c1-2-11-12(21-8-7-20-11)9-10(1)18-13(14-15-16-18)17-3-5-19-6-4-17/h1-2,9H,3-8H2. The lowest BCUT2D eigenvalue weighted by molar-refractivity contribution is 0.122. The summed E-state index contributed by atoms with van der Waals surface area (Å²) in [6, 6.07) is 5.71. The fourth-order valence-corrected chi connectivity index (χ4v) is 2.47. The first-order valence-electron chi connectivity index (χ1n) is 6.93. The molecule has 1 aromatic carbocycles. The number of hydrogen-bond acceptors (Lipinski definition) is 7. The Morgan fingerprint density at radius 2 is 1.76 bits per heavy atom. The Morgan fingerprint density at radius 3 is 2.62 bits per heavy atom. The molecule has 1 saturated heterocycles. The van der Waals surface area contributed by atoms with E-state index < -0.39 is 0 Å². The van der Waals surface area contributed by atoms with E-state index in [2.05, 4.69) is 20.4 Å². The van der Waals surface area contributed by atoms with Crippen molar-refractivity contribution in [3.63, 3.8) is 0 Å². The van der Waals surface area contributed by atoms with Gasteiger partial charge in [0.2, 0.25) is 0 Å². The zero-order valence-electron chi connectivity index (χ0n) is 11.4. The van der Waals surface area contributed by atoms with Gasteiger partial charge in [-0.15, -0.1) is 0 Å².